The molecule has 0 aliphatic carbocycles. The first-order valence-electron chi connectivity index (χ1n) is 17.9. The first kappa shape index (κ1) is 42.0. The van der Waals surface area contributed by atoms with Gasteiger partial charge < -0.3 is 23.7 Å². The van der Waals surface area contributed by atoms with E-state index in [1.807, 2.05) is 47.0 Å². The van der Waals surface area contributed by atoms with E-state index in [4.69, 9.17) is 23.7 Å². The van der Waals surface area contributed by atoms with Crippen LogP contribution in [0.25, 0.3) is 0 Å². The van der Waals surface area contributed by atoms with E-state index in [2.05, 4.69) is 12.3 Å². The van der Waals surface area contributed by atoms with Gasteiger partial charge in [0.25, 0.3) is 0 Å². The number of ether oxygens (including phenoxy) is 5. The molecule has 0 atom stereocenters. The highest BCUT2D eigenvalue weighted by Gasteiger charge is 2.28. The molecule has 0 aromatic heterocycles. The highest BCUT2D eigenvalue weighted by molar-refractivity contribution is 8.42. The Morgan fingerprint density at radius 3 is 1.51 bits per heavy atom. The zero-order chi connectivity index (χ0) is 33.0. The summed E-state index contributed by atoms with van der Waals surface area (Å²) in [6.07, 6.45) is 20.4. The fourth-order valence-electron chi connectivity index (χ4n) is 4.99. The molecule has 3 rings (SSSR count). The minimum atomic E-state index is -0.0693. The van der Waals surface area contributed by atoms with Crippen molar-refractivity contribution < 1.29 is 28.5 Å². The summed E-state index contributed by atoms with van der Waals surface area (Å²) < 4.78 is 33.6. The maximum atomic E-state index is 12.4. The van der Waals surface area contributed by atoms with Crippen LogP contribution in [0.1, 0.15) is 110 Å². The maximum Gasteiger partial charge on any atom is 0.306 e. The maximum absolute atomic E-state index is 12.4. The van der Waals surface area contributed by atoms with Gasteiger partial charge in [-0.2, -0.15) is 0 Å². The largest absolute Gasteiger partial charge is 0.460 e. The number of unbranched alkanes of at least 4 members (excludes halogenated alkanes) is 14. The Kier molecular flexibility index (Phi) is 26.2. The van der Waals surface area contributed by atoms with E-state index in [1.165, 1.54) is 100 Å². The van der Waals surface area contributed by atoms with E-state index in [1.54, 1.807) is 23.5 Å². The second-order valence-corrected chi connectivity index (χ2v) is 19.0. The second kappa shape index (κ2) is 29.2. The summed E-state index contributed by atoms with van der Waals surface area (Å²) in [7, 11) is 0. The molecule has 3 aliphatic heterocycles. The first-order valence-corrected chi connectivity index (χ1v) is 23.2. The SMILES string of the molecule is CCCCCCCCCCCCCCCCCC(=O)OCC1=CSC(=C2SC3=C(SCCOCCOCCOCCOCCS3)S2)S1. The fraction of sp³-hybridized carbons (Fsp3) is 0.800. The topological polar surface area (TPSA) is 63.2 Å². The van der Waals surface area contributed by atoms with Gasteiger partial charge in [0.1, 0.15) is 6.61 Å². The normalized spacial score (nSPS) is 19.4. The van der Waals surface area contributed by atoms with Crippen molar-refractivity contribution in [2.75, 3.05) is 71.0 Å². The molecule has 0 aromatic carbocycles. The van der Waals surface area contributed by atoms with Gasteiger partial charge in [-0.1, -0.05) is 144 Å². The van der Waals surface area contributed by atoms with Crippen molar-refractivity contribution in [2.45, 2.75) is 110 Å². The third-order valence-corrected chi connectivity index (χ3v) is 16.0. The van der Waals surface area contributed by atoms with Crippen LogP contribution in [-0.4, -0.2) is 76.9 Å². The standard InChI is InChI=1S/C35H58O6S6/c1-2-3-4-5-6-7-8-9-10-11-12-13-14-15-16-17-31(36)41-28-30-29-44-34(45-30)35-46-32-33(47-35)43-27-25-40-23-21-38-19-18-37-20-22-39-24-26-42-32/h29H,2-28H2,1H3. The molecule has 0 saturated carbocycles. The van der Waals surface area contributed by atoms with E-state index < -0.39 is 0 Å². The Labute approximate surface area is 311 Å². The Morgan fingerprint density at radius 2 is 1.02 bits per heavy atom. The van der Waals surface area contributed by atoms with Crippen LogP contribution in [0.15, 0.2) is 27.3 Å². The van der Waals surface area contributed by atoms with Crippen LogP contribution >= 0.6 is 70.6 Å². The minimum absolute atomic E-state index is 0.0693. The lowest BCUT2D eigenvalue weighted by Crippen LogP contribution is -2.13. The van der Waals surface area contributed by atoms with Crippen molar-refractivity contribution >= 4 is 76.5 Å². The van der Waals surface area contributed by atoms with Crippen molar-refractivity contribution in [1.29, 1.82) is 0 Å². The van der Waals surface area contributed by atoms with Crippen LogP contribution in [0, 0.1) is 0 Å². The number of carbonyl (C=O) groups excluding carboxylic acids is 1. The first-order chi connectivity index (χ1) is 23.3. The number of thioether (sulfide) groups is 6. The third-order valence-electron chi connectivity index (χ3n) is 7.62. The van der Waals surface area contributed by atoms with Gasteiger partial charge >= 0.3 is 5.97 Å². The summed E-state index contributed by atoms with van der Waals surface area (Å²) in [5.41, 5.74) is 0. The Balaban J connectivity index is 1.23. The van der Waals surface area contributed by atoms with Gasteiger partial charge in [-0.25, -0.2) is 0 Å². The number of hydrogen-bond acceptors (Lipinski definition) is 12. The van der Waals surface area contributed by atoms with Gasteiger partial charge in [-0.15, -0.1) is 23.5 Å². The van der Waals surface area contributed by atoms with Crippen molar-refractivity contribution in [1.82, 2.24) is 0 Å². The molecule has 3 heterocycles. The van der Waals surface area contributed by atoms with Gasteiger partial charge in [0.15, 0.2) is 0 Å². The van der Waals surface area contributed by atoms with Crippen LogP contribution in [0.3, 0.4) is 0 Å². The summed E-state index contributed by atoms with van der Waals surface area (Å²) in [6.45, 7) is 7.62. The number of carbonyl (C=O) groups is 1. The second-order valence-electron chi connectivity index (χ2n) is 11.7. The predicted molar refractivity (Wildman–Crippen MR) is 211 cm³/mol. The van der Waals surface area contributed by atoms with Crippen LogP contribution < -0.4 is 0 Å². The molecule has 0 saturated heterocycles. The zero-order valence-corrected chi connectivity index (χ0v) is 33.5. The van der Waals surface area contributed by atoms with E-state index >= 15 is 0 Å². The van der Waals surface area contributed by atoms with Gasteiger partial charge in [-0.05, 0) is 11.8 Å². The Bertz CT molecular complexity index is 912. The average Bonchev–Trinajstić information content (AvgIpc) is 3.72. The molecule has 6 nitrogen and oxygen atoms in total. The summed E-state index contributed by atoms with van der Waals surface area (Å²) >= 11 is 11.0. The molecule has 0 bridgehead atoms. The summed E-state index contributed by atoms with van der Waals surface area (Å²) in [4.78, 5) is 13.5. The predicted octanol–water partition coefficient (Wildman–Crippen LogP) is 11.4. The lowest BCUT2D eigenvalue weighted by Gasteiger charge is -2.09. The molecule has 47 heavy (non-hydrogen) atoms. The van der Waals surface area contributed by atoms with E-state index in [0.717, 1.165) is 29.3 Å². The molecule has 0 spiro atoms. The molecular weight excluding hydrogens is 709 g/mol. The number of esters is 1. The molecule has 0 radical (unpaired) electrons. The summed E-state index contributed by atoms with van der Waals surface area (Å²) in [5.74, 6) is 1.75. The smallest absolute Gasteiger partial charge is 0.306 e. The van der Waals surface area contributed by atoms with Crippen molar-refractivity contribution in [3.8, 4) is 0 Å². The zero-order valence-electron chi connectivity index (χ0n) is 28.6. The monoisotopic (exact) mass is 766 g/mol. The molecule has 0 amide bonds. The molecule has 0 aromatic rings. The van der Waals surface area contributed by atoms with Crippen LogP contribution in [0.4, 0.5) is 0 Å². The van der Waals surface area contributed by atoms with Gasteiger partial charge in [0.2, 0.25) is 0 Å². The lowest BCUT2D eigenvalue weighted by atomic mass is 10.0. The van der Waals surface area contributed by atoms with Crippen molar-refractivity contribution in [3.63, 3.8) is 0 Å². The highest BCUT2D eigenvalue weighted by atomic mass is 32.3. The third kappa shape index (κ3) is 20.9. The summed E-state index contributed by atoms with van der Waals surface area (Å²) in [5, 5.41) is 2.14. The molecule has 0 N–H and O–H groups in total. The quantitative estimate of drug-likeness (QED) is 0.0985. The van der Waals surface area contributed by atoms with Crippen molar-refractivity contribution in [2.24, 2.45) is 0 Å². The molecule has 0 unspecified atom stereocenters. The Morgan fingerprint density at radius 1 is 0.574 bits per heavy atom. The van der Waals surface area contributed by atoms with E-state index in [-0.39, 0.29) is 5.97 Å². The van der Waals surface area contributed by atoms with Gasteiger partial charge in [-0.3, -0.25) is 4.79 Å². The van der Waals surface area contributed by atoms with Crippen LogP contribution in [0.2, 0.25) is 0 Å². The average molecular weight is 767 g/mol. The lowest BCUT2D eigenvalue weighted by molar-refractivity contribution is -0.142. The van der Waals surface area contributed by atoms with Crippen molar-refractivity contribution in [3.05, 3.63) is 27.3 Å². The minimum Gasteiger partial charge on any atom is -0.460 e. The van der Waals surface area contributed by atoms with Crippen LogP contribution in [0.5, 0.6) is 0 Å². The summed E-state index contributed by atoms with van der Waals surface area (Å²) in [6, 6.07) is 0. The Hall–Kier alpha value is 0.630. The highest BCUT2D eigenvalue weighted by Crippen LogP contribution is 2.62. The molecule has 3 aliphatic rings. The molecule has 270 valence electrons. The molecular formula is C35H58O6S6. The number of rotatable bonds is 18. The fourth-order valence-corrected chi connectivity index (χ4v) is 13.2. The van der Waals surface area contributed by atoms with Gasteiger partial charge in [0, 0.05) is 22.8 Å². The van der Waals surface area contributed by atoms with Gasteiger partial charge in [0.05, 0.1) is 69.8 Å². The van der Waals surface area contributed by atoms with E-state index in [0.29, 0.717) is 65.9 Å². The van der Waals surface area contributed by atoms with E-state index in [9.17, 15) is 4.79 Å². The molecule has 12 heteroatoms. The number of hydrogen-bond donors (Lipinski definition) is 0. The van der Waals surface area contributed by atoms with Crippen LogP contribution in [-0.2, 0) is 28.5 Å². The molecule has 0 fully saturated rings.